The maximum Gasteiger partial charge on any atom is 0.0713 e. The van der Waals surface area contributed by atoms with Crippen molar-refractivity contribution in [2.45, 2.75) is 56.7 Å². The standard InChI is InChI=1S/C15H28N2OS/c1-14(2)12-16-6-7-17(14)13-3-8-18-15(11-13)4-9-19-10-5-15/h13,16H,3-12H2,1-2H3. The summed E-state index contributed by atoms with van der Waals surface area (Å²) in [5.74, 6) is 2.58. The lowest BCUT2D eigenvalue weighted by atomic mass is 9.83. The van der Waals surface area contributed by atoms with Gasteiger partial charge in [-0.15, -0.1) is 0 Å². The van der Waals surface area contributed by atoms with Crippen LogP contribution in [0.3, 0.4) is 0 Å². The molecule has 0 aromatic rings. The molecule has 19 heavy (non-hydrogen) atoms. The number of hydrogen-bond donors (Lipinski definition) is 1. The summed E-state index contributed by atoms with van der Waals surface area (Å²) in [5.41, 5.74) is 0.514. The second-order valence-electron chi connectivity index (χ2n) is 6.97. The van der Waals surface area contributed by atoms with E-state index < -0.39 is 0 Å². The number of thioether (sulfide) groups is 1. The molecular formula is C15H28N2OS. The van der Waals surface area contributed by atoms with Gasteiger partial charge in [0.1, 0.15) is 0 Å². The van der Waals surface area contributed by atoms with Gasteiger partial charge in [0.15, 0.2) is 0 Å². The first-order chi connectivity index (χ1) is 9.11. The summed E-state index contributed by atoms with van der Waals surface area (Å²) in [6, 6.07) is 0.731. The topological polar surface area (TPSA) is 24.5 Å². The van der Waals surface area contributed by atoms with Gasteiger partial charge in [-0.1, -0.05) is 0 Å². The van der Waals surface area contributed by atoms with Gasteiger partial charge in [0.05, 0.1) is 5.60 Å². The Labute approximate surface area is 121 Å². The van der Waals surface area contributed by atoms with Crippen LogP contribution in [0.4, 0.5) is 0 Å². The van der Waals surface area contributed by atoms with Gasteiger partial charge in [-0.05, 0) is 51.0 Å². The Kier molecular flexibility index (Phi) is 4.14. The average molecular weight is 284 g/mol. The van der Waals surface area contributed by atoms with E-state index in [1.54, 1.807) is 0 Å². The van der Waals surface area contributed by atoms with E-state index in [-0.39, 0.29) is 5.60 Å². The summed E-state index contributed by atoms with van der Waals surface area (Å²) >= 11 is 2.10. The number of ether oxygens (including phenoxy) is 1. The third-order valence-corrected chi connectivity index (χ3v) is 6.16. The number of nitrogens with zero attached hydrogens (tertiary/aromatic N) is 1. The molecule has 3 nitrogen and oxygen atoms in total. The van der Waals surface area contributed by atoms with Gasteiger partial charge in [0.2, 0.25) is 0 Å². The zero-order valence-electron chi connectivity index (χ0n) is 12.4. The summed E-state index contributed by atoms with van der Waals surface area (Å²) in [5, 5.41) is 3.54. The molecule has 4 heteroatoms. The first-order valence-electron chi connectivity index (χ1n) is 7.81. The number of nitrogens with one attached hydrogen (secondary N) is 1. The van der Waals surface area contributed by atoms with E-state index in [0.717, 1.165) is 25.7 Å². The smallest absolute Gasteiger partial charge is 0.0713 e. The Morgan fingerprint density at radius 3 is 2.79 bits per heavy atom. The van der Waals surface area contributed by atoms with Crippen LogP contribution in [0, 0.1) is 0 Å². The van der Waals surface area contributed by atoms with Crippen molar-refractivity contribution in [3.8, 4) is 0 Å². The maximum atomic E-state index is 6.24. The zero-order chi connectivity index (χ0) is 13.3. The number of piperazine rings is 1. The van der Waals surface area contributed by atoms with Crippen LogP contribution in [0.25, 0.3) is 0 Å². The van der Waals surface area contributed by atoms with Crippen molar-refractivity contribution >= 4 is 11.8 Å². The van der Waals surface area contributed by atoms with Gasteiger partial charge in [0.25, 0.3) is 0 Å². The van der Waals surface area contributed by atoms with Gasteiger partial charge in [0, 0.05) is 37.8 Å². The van der Waals surface area contributed by atoms with Crippen LogP contribution in [0.15, 0.2) is 0 Å². The van der Waals surface area contributed by atoms with Crippen LogP contribution in [-0.4, -0.2) is 59.8 Å². The molecule has 0 saturated carbocycles. The van der Waals surface area contributed by atoms with Crippen molar-refractivity contribution in [1.29, 1.82) is 0 Å². The molecule has 0 aromatic carbocycles. The van der Waals surface area contributed by atoms with E-state index in [4.69, 9.17) is 4.74 Å². The third kappa shape index (κ3) is 2.97. The van der Waals surface area contributed by atoms with E-state index in [1.165, 1.54) is 43.7 Å². The van der Waals surface area contributed by atoms with Crippen LogP contribution < -0.4 is 5.32 Å². The van der Waals surface area contributed by atoms with Gasteiger partial charge in [-0.3, -0.25) is 4.90 Å². The molecular weight excluding hydrogens is 256 g/mol. The second-order valence-corrected chi connectivity index (χ2v) is 8.20. The van der Waals surface area contributed by atoms with E-state index in [0.29, 0.717) is 5.54 Å². The van der Waals surface area contributed by atoms with Crippen molar-refractivity contribution in [2.75, 3.05) is 37.7 Å². The van der Waals surface area contributed by atoms with E-state index >= 15 is 0 Å². The lowest BCUT2D eigenvalue weighted by Gasteiger charge is -2.52. The van der Waals surface area contributed by atoms with Crippen molar-refractivity contribution in [1.82, 2.24) is 10.2 Å². The molecule has 1 spiro atoms. The second kappa shape index (κ2) is 5.55. The molecule has 0 bridgehead atoms. The predicted molar refractivity (Wildman–Crippen MR) is 81.9 cm³/mol. The third-order valence-electron chi connectivity index (χ3n) is 5.18. The van der Waals surface area contributed by atoms with Crippen molar-refractivity contribution in [2.24, 2.45) is 0 Å². The van der Waals surface area contributed by atoms with Gasteiger partial charge in [-0.2, -0.15) is 11.8 Å². The van der Waals surface area contributed by atoms with Crippen LogP contribution in [0.2, 0.25) is 0 Å². The molecule has 3 aliphatic heterocycles. The van der Waals surface area contributed by atoms with Crippen molar-refractivity contribution in [3.63, 3.8) is 0 Å². The quantitative estimate of drug-likeness (QED) is 0.797. The highest BCUT2D eigenvalue weighted by atomic mass is 32.2. The van der Waals surface area contributed by atoms with Gasteiger partial charge in [-0.25, -0.2) is 0 Å². The Hall–Kier alpha value is 0.230. The predicted octanol–water partition coefficient (Wildman–Crippen LogP) is 2.12. The highest BCUT2D eigenvalue weighted by molar-refractivity contribution is 7.99. The fraction of sp³-hybridized carbons (Fsp3) is 1.00. The molecule has 3 rings (SSSR count). The van der Waals surface area contributed by atoms with E-state index in [9.17, 15) is 0 Å². The summed E-state index contributed by atoms with van der Waals surface area (Å²) < 4.78 is 6.24. The van der Waals surface area contributed by atoms with Crippen LogP contribution >= 0.6 is 11.8 Å². The minimum Gasteiger partial charge on any atom is -0.375 e. The van der Waals surface area contributed by atoms with Gasteiger partial charge >= 0.3 is 0 Å². The average Bonchev–Trinajstić information content (AvgIpc) is 2.39. The minimum atomic E-state index is 0.217. The fourth-order valence-electron chi connectivity index (χ4n) is 4.03. The molecule has 3 aliphatic rings. The fourth-order valence-corrected chi connectivity index (χ4v) is 5.27. The molecule has 1 unspecified atom stereocenters. The largest absolute Gasteiger partial charge is 0.375 e. The Morgan fingerprint density at radius 1 is 1.26 bits per heavy atom. The first kappa shape index (κ1) is 14.2. The molecule has 3 heterocycles. The van der Waals surface area contributed by atoms with Crippen molar-refractivity contribution < 1.29 is 4.74 Å². The van der Waals surface area contributed by atoms with Crippen LogP contribution in [-0.2, 0) is 4.74 Å². The Morgan fingerprint density at radius 2 is 2.05 bits per heavy atom. The van der Waals surface area contributed by atoms with Crippen molar-refractivity contribution in [3.05, 3.63) is 0 Å². The molecule has 0 radical (unpaired) electrons. The molecule has 110 valence electrons. The molecule has 1 N–H and O–H groups in total. The lowest BCUT2D eigenvalue weighted by molar-refractivity contribution is -0.124. The van der Waals surface area contributed by atoms with Crippen LogP contribution in [0.5, 0.6) is 0 Å². The van der Waals surface area contributed by atoms with E-state index in [2.05, 4.69) is 35.8 Å². The SMILES string of the molecule is CC1(C)CNCCN1C1CCOC2(CCSCC2)C1. The normalized spacial score (nSPS) is 35.4. The summed E-state index contributed by atoms with van der Waals surface area (Å²) in [6.07, 6.45) is 5.01. The summed E-state index contributed by atoms with van der Waals surface area (Å²) in [4.78, 5) is 2.76. The first-order valence-corrected chi connectivity index (χ1v) is 8.96. The Balaban J connectivity index is 1.70. The molecule has 3 saturated heterocycles. The molecule has 0 amide bonds. The van der Waals surface area contributed by atoms with E-state index in [1.807, 2.05) is 0 Å². The van der Waals surface area contributed by atoms with Crippen LogP contribution in [0.1, 0.15) is 39.5 Å². The zero-order valence-corrected chi connectivity index (χ0v) is 13.2. The van der Waals surface area contributed by atoms with Gasteiger partial charge < -0.3 is 10.1 Å². The lowest BCUT2D eigenvalue weighted by Crippen LogP contribution is -2.63. The molecule has 3 fully saturated rings. The summed E-state index contributed by atoms with van der Waals surface area (Å²) in [6.45, 7) is 9.20. The molecule has 0 aliphatic carbocycles. The monoisotopic (exact) mass is 284 g/mol. The molecule has 0 aromatic heterocycles. The minimum absolute atomic E-state index is 0.217. The summed E-state index contributed by atoms with van der Waals surface area (Å²) in [7, 11) is 0. The highest BCUT2D eigenvalue weighted by Gasteiger charge is 2.43. The highest BCUT2D eigenvalue weighted by Crippen LogP contribution is 2.40. The number of hydrogen-bond acceptors (Lipinski definition) is 4. The Bertz CT molecular complexity index is 310. The number of rotatable bonds is 1. The maximum absolute atomic E-state index is 6.24. The molecule has 1 atom stereocenters.